The van der Waals surface area contributed by atoms with Crippen LogP contribution in [0.4, 0.5) is 0 Å². The van der Waals surface area contributed by atoms with Gasteiger partial charge in [0.2, 0.25) is 11.8 Å². The number of hydrogen-bond acceptors (Lipinski definition) is 5. The second kappa shape index (κ2) is 7.95. The van der Waals surface area contributed by atoms with E-state index in [-0.39, 0.29) is 0 Å². The molecule has 0 saturated heterocycles. The van der Waals surface area contributed by atoms with Gasteiger partial charge in [-0.3, -0.25) is 0 Å². The Kier molecular flexibility index (Phi) is 5.46. The zero-order chi connectivity index (χ0) is 16.8. The number of nitrogens with one attached hydrogen (secondary N) is 1. The maximum absolute atomic E-state index is 5.97. The van der Waals surface area contributed by atoms with Crippen molar-refractivity contribution in [3.8, 4) is 17.2 Å². The summed E-state index contributed by atoms with van der Waals surface area (Å²) in [5.41, 5.74) is 2.03. The number of nitrogens with zero attached hydrogens (tertiary/aromatic N) is 2. The maximum Gasteiger partial charge on any atom is 0.247 e. The van der Waals surface area contributed by atoms with Crippen molar-refractivity contribution < 1.29 is 9.15 Å². The molecule has 0 spiro atoms. The molecule has 5 nitrogen and oxygen atoms in total. The molecule has 6 heteroatoms. The second-order valence-corrected chi connectivity index (χ2v) is 5.73. The van der Waals surface area contributed by atoms with Gasteiger partial charge in [-0.2, -0.15) is 0 Å². The third kappa shape index (κ3) is 4.34. The summed E-state index contributed by atoms with van der Waals surface area (Å²) in [4.78, 5) is 0. The Labute approximate surface area is 145 Å². The number of benzene rings is 2. The Morgan fingerprint density at radius 1 is 1.12 bits per heavy atom. The summed E-state index contributed by atoms with van der Waals surface area (Å²) in [5.74, 6) is 1.90. The summed E-state index contributed by atoms with van der Waals surface area (Å²) in [6.45, 7) is 1.33. The standard InChI is InChI=1S/C18H18ClN3O2/c1-23-16-7-2-4-13(10-16)8-9-20-12-17-21-22-18(24-17)14-5-3-6-15(19)11-14/h2-7,10-11,20H,8-9,12H2,1H3. The van der Waals surface area contributed by atoms with E-state index < -0.39 is 0 Å². The van der Waals surface area contributed by atoms with Crippen molar-refractivity contribution >= 4 is 11.6 Å². The zero-order valence-electron chi connectivity index (χ0n) is 13.3. The Hall–Kier alpha value is -2.37. The summed E-state index contributed by atoms with van der Waals surface area (Å²) in [6.07, 6.45) is 0.895. The van der Waals surface area contributed by atoms with Gasteiger partial charge in [0.15, 0.2) is 0 Å². The minimum Gasteiger partial charge on any atom is -0.497 e. The number of rotatable bonds is 7. The number of methoxy groups -OCH3 is 1. The zero-order valence-corrected chi connectivity index (χ0v) is 14.1. The van der Waals surface area contributed by atoms with E-state index in [1.807, 2.05) is 36.4 Å². The van der Waals surface area contributed by atoms with Crippen molar-refractivity contribution in [3.05, 3.63) is 65.0 Å². The molecule has 1 heterocycles. The molecule has 124 valence electrons. The molecule has 0 aliphatic heterocycles. The Bertz CT molecular complexity index is 804. The first-order valence-electron chi connectivity index (χ1n) is 7.66. The van der Waals surface area contributed by atoms with Crippen molar-refractivity contribution in [2.45, 2.75) is 13.0 Å². The highest BCUT2D eigenvalue weighted by atomic mass is 35.5. The normalized spacial score (nSPS) is 10.8. The molecule has 0 atom stereocenters. The molecule has 2 aromatic carbocycles. The average molecular weight is 344 g/mol. The number of aromatic nitrogens is 2. The SMILES string of the molecule is COc1cccc(CCNCc2nnc(-c3cccc(Cl)c3)o2)c1. The first kappa shape index (κ1) is 16.5. The Morgan fingerprint density at radius 2 is 2.00 bits per heavy atom. The Balaban J connectivity index is 1.50. The van der Waals surface area contributed by atoms with E-state index in [0.717, 1.165) is 24.3 Å². The lowest BCUT2D eigenvalue weighted by atomic mass is 10.1. The van der Waals surface area contributed by atoms with Crippen molar-refractivity contribution in [2.24, 2.45) is 0 Å². The smallest absolute Gasteiger partial charge is 0.247 e. The van der Waals surface area contributed by atoms with Gasteiger partial charge >= 0.3 is 0 Å². The van der Waals surface area contributed by atoms with Crippen LogP contribution in [0.3, 0.4) is 0 Å². The van der Waals surface area contributed by atoms with Gasteiger partial charge in [0.05, 0.1) is 13.7 Å². The van der Waals surface area contributed by atoms with Gasteiger partial charge in [-0.25, -0.2) is 0 Å². The summed E-state index contributed by atoms with van der Waals surface area (Å²) >= 11 is 5.97. The van der Waals surface area contributed by atoms with Crippen LogP contribution in [0.15, 0.2) is 52.9 Å². The number of halogens is 1. The predicted octanol–water partition coefficient (Wildman–Crippen LogP) is 3.73. The molecule has 0 amide bonds. The maximum atomic E-state index is 5.97. The molecule has 0 radical (unpaired) electrons. The van der Waals surface area contributed by atoms with E-state index in [2.05, 4.69) is 21.6 Å². The van der Waals surface area contributed by atoms with Crippen LogP contribution in [0.1, 0.15) is 11.5 Å². The number of ether oxygens (including phenoxy) is 1. The van der Waals surface area contributed by atoms with E-state index >= 15 is 0 Å². The van der Waals surface area contributed by atoms with E-state index in [1.54, 1.807) is 13.2 Å². The van der Waals surface area contributed by atoms with Crippen LogP contribution in [0.2, 0.25) is 5.02 Å². The third-order valence-corrected chi connectivity index (χ3v) is 3.77. The fourth-order valence-electron chi connectivity index (χ4n) is 2.32. The molecule has 0 fully saturated rings. The van der Waals surface area contributed by atoms with Crippen LogP contribution in [0, 0.1) is 0 Å². The van der Waals surface area contributed by atoms with Crippen LogP contribution in [0.5, 0.6) is 5.75 Å². The minimum absolute atomic E-state index is 0.474. The van der Waals surface area contributed by atoms with Gasteiger partial charge in [-0.1, -0.05) is 29.8 Å². The average Bonchev–Trinajstić information content (AvgIpc) is 3.08. The second-order valence-electron chi connectivity index (χ2n) is 5.29. The van der Waals surface area contributed by atoms with Crippen molar-refractivity contribution in [1.82, 2.24) is 15.5 Å². The lowest BCUT2D eigenvalue weighted by molar-refractivity contribution is 0.414. The molecule has 24 heavy (non-hydrogen) atoms. The van der Waals surface area contributed by atoms with E-state index in [1.165, 1.54) is 5.56 Å². The summed E-state index contributed by atoms with van der Waals surface area (Å²) in [7, 11) is 1.67. The highest BCUT2D eigenvalue weighted by Crippen LogP contribution is 2.21. The van der Waals surface area contributed by atoms with Crippen LogP contribution in [-0.4, -0.2) is 23.9 Å². The van der Waals surface area contributed by atoms with E-state index in [0.29, 0.717) is 23.3 Å². The molecule has 0 aliphatic carbocycles. The topological polar surface area (TPSA) is 60.2 Å². The highest BCUT2D eigenvalue weighted by Gasteiger charge is 2.08. The van der Waals surface area contributed by atoms with E-state index in [4.69, 9.17) is 20.8 Å². The lowest BCUT2D eigenvalue weighted by Crippen LogP contribution is -2.16. The minimum atomic E-state index is 0.474. The molecule has 3 aromatic rings. The van der Waals surface area contributed by atoms with Crippen molar-refractivity contribution in [2.75, 3.05) is 13.7 Å². The highest BCUT2D eigenvalue weighted by molar-refractivity contribution is 6.30. The first-order valence-corrected chi connectivity index (χ1v) is 8.04. The van der Waals surface area contributed by atoms with Gasteiger partial charge in [-0.15, -0.1) is 10.2 Å². The van der Waals surface area contributed by atoms with Crippen molar-refractivity contribution in [1.29, 1.82) is 0 Å². The molecule has 1 aromatic heterocycles. The lowest BCUT2D eigenvalue weighted by Gasteiger charge is -2.05. The van der Waals surface area contributed by atoms with Gasteiger partial charge in [0, 0.05) is 10.6 Å². The first-order chi connectivity index (χ1) is 11.7. The van der Waals surface area contributed by atoms with Gasteiger partial charge < -0.3 is 14.5 Å². The summed E-state index contributed by atoms with van der Waals surface area (Å²) in [5, 5.41) is 12.1. The molecular formula is C18H18ClN3O2. The number of hydrogen-bond donors (Lipinski definition) is 1. The molecule has 0 aliphatic rings. The van der Waals surface area contributed by atoms with Gasteiger partial charge in [0.25, 0.3) is 0 Å². The van der Waals surface area contributed by atoms with Crippen LogP contribution in [-0.2, 0) is 13.0 Å². The van der Waals surface area contributed by atoms with Crippen LogP contribution in [0.25, 0.3) is 11.5 Å². The van der Waals surface area contributed by atoms with Gasteiger partial charge in [0.1, 0.15) is 5.75 Å². The molecule has 0 unspecified atom stereocenters. The summed E-state index contributed by atoms with van der Waals surface area (Å²) < 4.78 is 10.9. The van der Waals surface area contributed by atoms with Crippen LogP contribution < -0.4 is 10.1 Å². The summed E-state index contributed by atoms with van der Waals surface area (Å²) in [6, 6.07) is 15.4. The molecular weight excluding hydrogens is 326 g/mol. The van der Waals surface area contributed by atoms with Crippen LogP contribution >= 0.6 is 11.6 Å². The largest absolute Gasteiger partial charge is 0.497 e. The quantitative estimate of drug-likeness (QED) is 0.662. The monoisotopic (exact) mass is 343 g/mol. The fourth-order valence-corrected chi connectivity index (χ4v) is 2.51. The third-order valence-electron chi connectivity index (χ3n) is 3.54. The molecule has 0 bridgehead atoms. The molecule has 0 saturated carbocycles. The van der Waals surface area contributed by atoms with E-state index in [9.17, 15) is 0 Å². The van der Waals surface area contributed by atoms with Crippen molar-refractivity contribution in [3.63, 3.8) is 0 Å². The van der Waals surface area contributed by atoms with Gasteiger partial charge in [-0.05, 0) is 48.9 Å². The predicted molar refractivity (Wildman–Crippen MR) is 93.1 cm³/mol. The Morgan fingerprint density at radius 3 is 2.83 bits per heavy atom. The fraction of sp³-hybridized carbons (Fsp3) is 0.222. The molecule has 1 N–H and O–H groups in total. The molecule has 3 rings (SSSR count).